The van der Waals surface area contributed by atoms with Crippen molar-refractivity contribution in [2.24, 2.45) is 5.41 Å². The third kappa shape index (κ3) is 1.87. The minimum absolute atomic E-state index is 0.0324. The Kier molecular flexibility index (Phi) is 2.16. The summed E-state index contributed by atoms with van der Waals surface area (Å²) in [6.45, 7) is 6.02. The van der Waals surface area contributed by atoms with Gasteiger partial charge in [0.05, 0.1) is 5.25 Å². The van der Waals surface area contributed by atoms with E-state index in [0.717, 1.165) is 0 Å². The van der Waals surface area contributed by atoms with E-state index in [9.17, 15) is 9.90 Å². The fourth-order valence-corrected chi connectivity index (χ4v) is 2.03. The molecule has 1 fully saturated rings. The van der Waals surface area contributed by atoms with E-state index in [2.05, 4.69) is 5.32 Å². The normalized spacial score (nSPS) is 32.2. The Labute approximate surface area is 70.6 Å². The number of amides is 1. The SMILES string of the molecule is CC(C)(C)C1SC(=O)NC1O. The Bertz CT molecular complexity index is 176. The zero-order chi connectivity index (χ0) is 8.65. The summed E-state index contributed by atoms with van der Waals surface area (Å²) in [6.07, 6.45) is -0.688. The molecule has 1 heterocycles. The molecular weight excluding hydrogens is 162 g/mol. The van der Waals surface area contributed by atoms with Crippen molar-refractivity contribution in [2.75, 3.05) is 0 Å². The van der Waals surface area contributed by atoms with Crippen LogP contribution >= 0.6 is 11.8 Å². The molecule has 0 aromatic rings. The Morgan fingerprint density at radius 1 is 1.55 bits per heavy atom. The number of hydrogen-bond acceptors (Lipinski definition) is 3. The third-order valence-electron chi connectivity index (χ3n) is 1.64. The first-order valence-corrected chi connectivity index (χ1v) is 4.44. The average Bonchev–Trinajstić information content (AvgIpc) is 2.08. The van der Waals surface area contributed by atoms with Crippen molar-refractivity contribution in [1.82, 2.24) is 5.32 Å². The number of carbonyl (C=O) groups excluding carboxylic acids is 1. The average molecular weight is 175 g/mol. The van der Waals surface area contributed by atoms with Gasteiger partial charge in [0.25, 0.3) is 5.24 Å². The molecule has 0 bridgehead atoms. The number of aliphatic hydroxyl groups is 1. The third-order valence-corrected chi connectivity index (χ3v) is 3.19. The predicted octanol–water partition coefficient (Wildman–Crippen LogP) is 1.18. The summed E-state index contributed by atoms with van der Waals surface area (Å²) in [6, 6.07) is 0. The predicted molar refractivity (Wildman–Crippen MR) is 45.4 cm³/mol. The summed E-state index contributed by atoms with van der Waals surface area (Å²) in [4.78, 5) is 10.8. The highest BCUT2D eigenvalue weighted by Crippen LogP contribution is 2.36. The summed E-state index contributed by atoms with van der Waals surface area (Å²) < 4.78 is 0. The first-order valence-electron chi connectivity index (χ1n) is 3.56. The summed E-state index contributed by atoms with van der Waals surface area (Å²) in [5, 5.41) is 11.6. The van der Waals surface area contributed by atoms with Gasteiger partial charge in [-0.15, -0.1) is 0 Å². The van der Waals surface area contributed by atoms with Gasteiger partial charge in [-0.25, -0.2) is 0 Å². The lowest BCUT2D eigenvalue weighted by atomic mass is 9.91. The van der Waals surface area contributed by atoms with Gasteiger partial charge in [0, 0.05) is 0 Å². The number of rotatable bonds is 0. The zero-order valence-corrected chi connectivity index (χ0v) is 7.73. The molecule has 1 aliphatic rings. The molecule has 0 radical (unpaired) electrons. The Morgan fingerprint density at radius 2 is 2.09 bits per heavy atom. The molecule has 2 N–H and O–H groups in total. The van der Waals surface area contributed by atoms with Crippen LogP contribution in [0.5, 0.6) is 0 Å². The van der Waals surface area contributed by atoms with E-state index in [1.54, 1.807) is 0 Å². The molecule has 11 heavy (non-hydrogen) atoms. The molecule has 4 heteroatoms. The minimum Gasteiger partial charge on any atom is -0.372 e. The summed E-state index contributed by atoms with van der Waals surface area (Å²) in [5.74, 6) is 0. The molecule has 1 aliphatic heterocycles. The largest absolute Gasteiger partial charge is 0.372 e. The number of hydrogen-bond donors (Lipinski definition) is 2. The highest BCUT2D eigenvalue weighted by molar-refractivity contribution is 8.14. The number of carbonyl (C=O) groups is 1. The van der Waals surface area contributed by atoms with Crippen LogP contribution in [0.25, 0.3) is 0 Å². The van der Waals surface area contributed by atoms with E-state index in [1.807, 2.05) is 20.8 Å². The van der Waals surface area contributed by atoms with Crippen molar-refractivity contribution in [2.45, 2.75) is 32.2 Å². The molecule has 0 aliphatic carbocycles. The lowest BCUT2D eigenvalue weighted by Gasteiger charge is -2.26. The van der Waals surface area contributed by atoms with Gasteiger partial charge in [-0.05, 0) is 5.41 Å². The second kappa shape index (κ2) is 2.68. The highest BCUT2D eigenvalue weighted by Gasteiger charge is 2.39. The first-order chi connectivity index (χ1) is 4.91. The van der Waals surface area contributed by atoms with E-state index < -0.39 is 6.23 Å². The Hall–Kier alpha value is -0.220. The van der Waals surface area contributed by atoms with Gasteiger partial charge >= 0.3 is 0 Å². The van der Waals surface area contributed by atoms with E-state index in [1.165, 1.54) is 11.8 Å². The maximum atomic E-state index is 10.8. The van der Waals surface area contributed by atoms with E-state index in [4.69, 9.17) is 0 Å². The molecule has 0 saturated carbocycles. The molecule has 0 aromatic carbocycles. The van der Waals surface area contributed by atoms with Crippen molar-refractivity contribution < 1.29 is 9.90 Å². The monoisotopic (exact) mass is 175 g/mol. The standard InChI is InChI=1S/C7H13NO2S/c1-7(2,3)4-5(9)8-6(10)11-4/h4-5,9H,1-3H3,(H,8,10). The van der Waals surface area contributed by atoms with Crippen LogP contribution in [-0.4, -0.2) is 21.8 Å². The summed E-state index contributed by atoms with van der Waals surface area (Å²) >= 11 is 1.18. The maximum absolute atomic E-state index is 10.8. The van der Waals surface area contributed by atoms with Crippen LogP contribution in [0.15, 0.2) is 0 Å². The van der Waals surface area contributed by atoms with E-state index in [0.29, 0.717) is 0 Å². The Balaban J connectivity index is 2.67. The van der Waals surface area contributed by atoms with Crippen molar-refractivity contribution in [3.05, 3.63) is 0 Å². The van der Waals surface area contributed by atoms with Crippen LogP contribution in [0, 0.1) is 5.41 Å². The van der Waals surface area contributed by atoms with Gasteiger partial charge in [-0.3, -0.25) is 4.79 Å². The topological polar surface area (TPSA) is 49.3 Å². The second-order valence-electron chi connectivity index (χ2n) is 3.78. The molecule has 0 spiro atoms. The van der Waals surface area contributed by atoms with Crippen LogP contribution in [0.3, 0.4) is 0 Å². The van der Waals surface area contributed by atoms with Gasteiger partial charge < -0.3 is 10.4 Å². The molecule has 2 unspecified atom stereocenters. The fraction of sp³-hybridized carbons (Fsp3) is 0.857. The van der Waals surface area contributed by atoms with Crippen LogP contribution in [-0.2, 0) is 0 Å². The van der Waals surface area contributed by atoms with Gasteiger partial charge in [-0.1, -0.05) is 32.5 Å². The van der Waals surface area contributed by atoms with Gasteiger partial charge in [0.1, 0.15) is 6.23 Å². The zero-order valence-electron chi connectivity index (χ0n) is 6.92. The smallest absolute Gasteiger partial charge is 0.281 e. The van der Waals surface area contributed by atoms with Crippen LogP contribution in [0.2, 0.25) is 0 Å². The van der Waals surface area contributed by atoms with Crippen LogP contribution in [0.4, 0.5) is 4.79 Å². The quantitative estimate of drug-likeness (QED) is 0.581. The lowest BCUT2D eigenvalue weighted by molar-refractivity contribution is 0.118. The van der Waals surface area contributed by atoms with Gasteiger partial charge in [0.15, 0.2) is 0 Å². The Morgan fingerprint density at radius 3 is 2.27 bits per heavy atom. The molecule has 3 nitrogen and oxygen atoms in total. The van der Waals surface area contributed by atoms with Gasteiger partial charge in [0.2, 0.25) is 0 Å². The van der Waals surface area contributed by atoms with E-state index >= 15 is 0 Å². The summed E-state index contributed by atoms with van der Waals surface area (Å²) in [7, 11) is 0. The molecule has 64 valence electrons. The maximum Gasteiger partial charge on any atom is 0.281 e. The van der Waals surface area contributed by atoms with Crippen molar-refractivity contribution in [1.29, 1.82) is 0 Å². The lowest BCUT2D eigenvalue weighted by Crippen LogP contribution is -2.37. The van der Waals surface area contributed by atoms with Gasteiger partial charge in [-0.2, -0.15) is 0 Å². The molecule has 0 aromatic heterocycles. The molecule has 1 amide bonds. The number of thioether (sulfide) groups is 1. The first kappa shape index (κ1) is 8.87. The second-order valence-corrected chi connectivity index (χ2v) is 4.90. The number of aliphatic hydroxyl groups excluding tert-OH is 1. The van der Waals surface area contributed by atoms with Crippen molar-refractivity contribution in [3.8, 4) is 0 Å². The van der Waals surface area contributed by atoms with Crippen molar-refractivity contribution >= 4 is 17.0 Å². The number of nitrogens with one attached hydrogen (secondary N) is 1. The van der Waals surface area contributed by atoms with E-state index in [-0.39, 0.29) is 15.9 Å². The minimum atomic E-state index is -0.688. The molecule has 2 atom stereocenters. The highest BCUT2D eigenvalue weighted by atomic mass is 32.2. The fourth-order valence-electron chi connectivity index (χ4n) is 1.06. The molecule has 1 saturated heterocycles. The molecule has 1 rings (SSSR count). The van der Waals surface area contributed by atoms with Crippen molar-refractivity contribution in [3.63, 3.8) is 0 Å². The van der Waals surface area contributed by atoms with Crippen LogP contribution in [0.1, 0.15) is 20.8 Å². The van der Waals surface area contributed by atoms with Crippen LogP contribution < -0.4 is 5.32 Å². The summed E-state index contributed by atoms with van der Waals surface area (Å²) in [5.41, 5.74) is -0.0384. The molecular formula is C7H13NO2S.